The van der Waals surface area contributed by atoms with Gasteiger partial charge in [0.15, 0.2) is 6.29 Å². The maximum absolute atomic E-state index is 11.8. The molecule has 0 saturated carbocycles. The molecule has 0 aliphatic heterocycles. The molecule has 1 rings (SSSR count). The van der Waals surface area contributed by atoms with E-state index in [0.29, 0.717) is 6.29 Å². The molecule has 0 unspecified atom stereocenters. The van der Waals surface area contributed by atoms with E-state index < -0.39 is 12.6 Å². The number of aryl methyl sites for hydroxylation is 1. The van der Waals surface area contributed by atoms with Crippen molar-refractivity contribution in [3.63, 3.8) is 0 Å². The van der Waals surface area contributed by atoms with Crippen LogP contribution in [0.5, 0.6) is 0 Å². The highest BCUT2D eigenvalue weighted by Gasteiger charge is 2.27. The number of aldehydes is 1. The van der Waals surface area contributed by atoms with Crippen LogP contribution in [0.15, 0.2) is 6.33 Å². The highest BCUT2D eigenvalue weighted by atomic mass is 35.5. The molecule has 0 amide bonds. The Kier molecular flexibility index (Phi) is 3.15. The Morgan fingerprint density at radius 3 is 2.64 bits per heavy atom. The molecule has 7 heteroatoms. The fourth-order valence-electron chi connectivity index (χ4n) is 0.865. The Balaban J connectivity index is 2.68. The van der Waals surface area contributed by atoms with Crippen LogP contribution in [0.1, 0.15) is 16.9 Å². The summed E-state index contributed by atoms with van der Waals surface area (Å²) in [6, 6.07) is 0. The average Bonchev–Trinajstić information content (AvgIpc) is 2.42. The van der Waals surface area contributed by atoms with Gasteiger partial charge in [0.05, 0.1) is 12.7 Å². The monoisotopic (exact) mass is 226 g/mol. The zero-order valence-electron chi connectivity index (χ0n) is 6.88. The van der Waals surface area contributed by atoms with E-state index in [0.717, 1.165) is 10.9 Å². The lowest BCUT2D eigenvalue weighted by atomic mass is 10.4. The molecule has 78 valence electrons. The number of aromatic nitrogens is 2. The molecular formula is C7H6ClF3N2O. The van der Waals surface area contributed by atoms with Gasteiger partial charge in [-0.3, -0.25) is 4.79 Å². The molecule has 0 fully saturated rings. The summed E-state index contributed by atoms with van der Waals surface area (Å²) < 4.78 is 36.5. The minimum Gasteiger partial charge on any atom is -0.321 e. The molecule has 0 radical (unpaired) electrons. The molecule has 0 atom stereocenters. The number of imidazole rings is 1. The van der Waals surface area contributed by atoms with E-state index >= 15 is 0 Å². The van der Waals surface area contributed by atoms with E-state index in [1.165, 1.54) is 0 Å². The number of alkyl halides is 3. The van der Waals surface area contributed by atoms with Gasteiger partial charge in [0, 0.05) is 6.54 Å². The third-order valence-corrected chi connectivity index (χ3v) is 1.96. The molecule has 0 aliphatic carbocycles. The first-order valence-electron chi connectivity index (χ1n) is 3.66. The number of nitrogens with zero attached hydrogens (tertiary/aromatic N) is 2. The summed E-state index contributed by atoms with van der Waals surface area (Å²) in [7, 11) is 0. The van der Waals surface area contributed by atoms with Crippen LogP contribution in [-0.4, -0.2) is 22.0 Å². The highest BCUT2D eigenvalue weighted by Crippen LogP contribution is 2.22. The molecule has 0 bridgehead atoms. The predicted molar refractivity (Wildman–Crippen MR) is 43.3 cm³/mol. The van der Waals surface area contributed by atoms with Gasteiger partial charge in [0.2, 0.25) is 0 Å². The Bertz CT molecular complexity index is 334. The molecule has 3 nitrogen and oxygen atoms in total. The third kappa shape index (κ3) is 2.73. The van der Waals surface area contributed by atoms with Crippen molar-refractivity contribution >= 4 is 17.9 Å². The Morgan fingerprint density at radius 1 is 1.57 bits per heavy atom. The smallest absolute Gasteiger partial charge is 0.321 e. The van der Waals surface area contributed by atoms with Crippen molar-refractivity contribution in [2.45, 2.75) is 19.1 Å². The van der Waals surface area contributed by atoms with Crippen LogP contribution in [0, 0.1) is 0 Å². The van der Waals surface area contributed by atoms with Crippen LogP contribution in [0.4, 0.5) is 13.2 Å². The maximum atomic E-state index is 11.8. The SMILES string of the molecule is O=Cc1ncn(CCC(F)(F)F)c1Cl. The highest BCUT2D eigenvalue weighted by molar-refractivity contribution is 6.31. The number of hydrogen-bond acceptors (Lipinski definition) is 2. The average molecular weight is 227 g/mol. The first-order chi connectivity index (χ1) is 6.44. The van der Waals surface area contributed by atoms with Gasteiger partial charge in [-0.15, -0.1) is 0 Å². The minimum atomic E-state index is -4.24. The summed E-state index contributed by atoms with van der Waals surface area (Å²) in [4.78, 5) is 13.8. The van der Waals surface area contributed by atoms with Crippen molar-refractivity contribution in [1.82, 2.24) is 9.55 Å². The van der Waals surface area contributed by atoms with Crippen molar-refractivity contribution in [1.29, 1.82) is 0 Å². The molecule has 1 heterocycles. The predicted octanol–water partition coefficient (Wildman–Crippen LogP) is 2.30. The van der Waals surface area contributed by atoms with Gasteiger partial charge < -0.3 is 4.57 Å². The van der Waals surface area contributed by atoms with E-state index in [9.17, 15) is 18.0 Å². The minimum absolute atomic E-state index is 0.0474. The quantitative estimate of drug-likeness (QED) is 0.742. The van der Waals surface area contributed by atoms with Crippen molar-refractivity contribution in [3.05, 3.63) is 17.2 Å². The van der Waals surface area contributed by atoms with Crippen LogP contribution in [0.2, 0.25) is 5.15 Å². The Labute approximate surface area is 82.5 Å². The molecular weight excluding hydrogens is 221 g/mol. The second-order valence-corrected chi connectivity index (χ2v) is 2.96. The standard InChI is InChI=1S/C7H6ClF3N2O/c8-6-5(3-14)12-4-13(6)2-1-7(9,10)11/h3-4H,1-2H2. The number of halogens is 4. The van der Waals surface area contributed by atoms with E-state index in [4.69, 9.17) is 11.6 Å². The van der Waals surface area contributed by atoms with Gasteiger partial charge in [-0.25, -0.2) is 4.98 Å². The summed E-state index contributed by atoms with van der Waals surface area (Å²) in [5, 5.41) is -0.0655. The van der Waals surface area contributed by atoms with Crippen LogP contribution in [-0.2, 0) is 6.54 Å². The first-order valence-corrected chi connectivity index (χ1v) is 4.04. The molecule has 0 spiro atoms. The molecule has 1 aromatic rings. The van der Waals surface area contributed by atoms with Crippen LogP contribution >= 0.6 is 11.6 Å². The summed E-state index contributed by atoms with van der Waals surface area (Å²) in [6.07, 6.45) is -3.74. The number of hydrogen-bond donors (Lipinski definition) is 0. The molecule has 0 aromatic carbocycles. The normalized spacial score (nSPS) is 11.7. The van der Waals surface area contributed by atoms with Gasteiger partial charge in [-0.1, -0.05) is 11.6 Å². The lowest BCUT2D eigenvalue weighted by Gasteiger charge is -2.06. The van der Waals surface area contributed by atoms with E-state index in [-0.39, 0.29) is 17.4 Å². The molecule has 0 aliphatic rings. The van der Waals surface area contributed by atoms with Crippen molar-refractivity contribution in [2.75, 3.05) is 0 Å². The Morgan fingerprint density at radius 2 is 2.21 bits per heavy atom. The van der Waals surface area contributed by atoms with E-state index in [1.54, 1.807) is 0 Å². The second-order valence-electron chi connectivity index (χ2n) is 2.60. The van der Waals surface area contributed by atoms with Crippen molar-refractivity contribution < 1.29 is 18.0 Å². The van der Waals surface area contributed by atoms with Crippen LogP contribution in [0.25, 0.3) is 0 Å². The second kappa shape index (κ2) is 4.00. The lowest BCUT2D eigenvalue weighted by Crippen LogP contribution is -2.11. The summed E-state index contributed by atoms with van der Waals surface area (Å²) in [6.45, 7) is -0.330. The fourth-order valence-corrected chi connectivity index (χ4v) is 1.09. The summed E-state index contributed by atoms with van der Waals surface area (Å²) in [5.74, 6) is 0. The molecule has 0 N–H and O–H groups in total. The van der Waals surface area contributed by atoms with E-state index in [1.807, 2.05) is 0 Å². The topological polar surface area (TPSA) is 34.9 Å². The van der Waals surface area contributed by atoms with Crippen molar-refractivity contribution in [2.24, 2.45) is 0 Å². The molecule has 0 saturated heterocycles. The Hall–Kier alpha value is -1.04. The first kappa shape index (κ1) is 11.0. The van der Waals surface area contributed by atoms with Crippen LogP contribution in [0.3, 0.4) is 0 Å². The maximum Gasteiger partial charge on any atom is 0.390 e. The fraction of sp³-hybridized carbons (Fsp3) is 0.429. The van der Waals surface area contributed by atoms with Gasteiger partial charge in [0.25, 0.3) is 0 Å². The summed E-state index contributed by atoms with van der Waals surface area (Å²) >= 11 is 5.56. The van der Waals surface area contributed by atoms with Crippen LogP contribution < -0.4 is 0 Å². The third-order valence-electron chi connectivity index (χ3n) is 1.55. The number of carbonyl (C=O) groups excluding carboxylic acids is 1. The van der Waals surface area contributed by atoms with E-state index in [2.05, 4.69) is 4.98 Å². The zero-order chi connectivity index (χ0) is 10.8. The summed E-state index contributed by atoms with van der Waals surface area (Å²) in [5.41, 5.74) is -0.0474. The zero-order valence-corrected chi connectivity index (χ0v) is 7.64. The van der Waals surface area contributed by atoms with Gasteiger partial charge in [-0.05, 0) is 0 Å². The van der Waals surface area contributed by atoms with Gasteiger partial charge in [0.1, 0.15) is 10.8 Å². The molecule has 14 heavy (non-hydrogen) atoms. The number of carbonyl (C=O) groups is 1. The lowest BCUT2D eigenvalue weighted by molar-refractivity contribution is -0.136. The van der Waals surface area contributed by atoms with Crippen molar-refractivity contribution in [3.8, 4) is 0 Å². The molecule has 1 aromatic heterocycles. The largest absolute Gasteiger partial charge is 0.390 e. The number of rotatable bonds is 3. The van der Waals surface area contributed by atoms with Gasteiger partial charge in [-0.2, -0.15) is 13.2 Å². The van der Waals surface area contributed by atoms with Gasteiger partial charge >= 0.3 is 6.18 Å².